The molecule has 0 saturated carbocycles. The van der Waals surface area contributed by atoms with Crippen LogP contribution in [0.25, 0.3) is 0 Å². The Labute approximate surface area is 112 Å². The van der Waals surface area contributed by atoms with Crippen LogP contribution in [-0.4, -0.2) is 11.4 Å². The van der Waals surface area contributed by atoms with Crippen molar-refractivity contribution in [3.05, 3.63) is 51.7 Å². The summed E-state index contributed by atoms with van der Waals surface area (Å²) in [6.45, 7) is 4.51. The van der Waals surface area contributed by atoms with Crippen LogP contribution in [0.1, 0.15) is 29.0 Å². The van der Waals surface area contributed by atoms with E-state index in [2.05, 4.69) is 35.4 Å². The van der Waals surface area contributed by atoms with Gasteiger partial charge < -0.3 is 5.73 Å². The quantitative estimate of drug-likeness (QED) is 0.836. The number of nitrogens with two attached hydrogens (primary N) is 1. The van der Waals surface area contributed by atoms with Crippen molar-refractivity contribution in [2.45, 2.75) is 25.9 Å². The third-order valence-electron chi connectivity index (χ3n) is 3.80. The number of benzene rings is 1. The summed E-state index contributed by atoms with van der Waals surface area (Å²) in [5, 5.41) is 2.21. The Morgan fingerprint density at radius 1 is 1.22 bits per heavy atom. The van der Waals surface area contributed by atoms with E-state index in [9.17, 15) is 0 Å². The van der Waals surface area contributed by atoms with E-state index in [0.717, 1.165) is 18.8 Å². The van der Waals surface area contributed by atoms with Crippen molar-refractivity contribution in [1.82, 2.24) is 4.90 Å². The summed E-state index contributed by atoms with van der Waals surface area (Å²) in [5.41, 5.74) is 9.44. The first kappa shape index (κ1) is 11.8. The molecule has 0 radical (unpaired) electrons. The van der Waals surface area contributed by atoms with Gasteiger partial charge in [0.25, 0.3) is 0 Å². The first-order valence-electron chi connectivity index (χ1n) is 6.39. The molecule has 1 aromatic heterocycles. The van der Waals surface area contributed by atoms with Crippen molar-refractivity contribution in [1.29, 1.82) is 0 Å². The number of rotatable bonds is 2. The van der Waals surface area contributed by atoms with E-state index in [1.54, 1.807) is 4.88 Å². The number of hydrogen-bond donors (Lipinski definition) is 1. The molecule has 1 aliphatic heterocycles. The molecule has 0 spiro atoms. The van der Waals surface area contributed by atoms with Crippen molar-refractivity contribution in [2.75, 3.05) is 12.3 Å². The summed E-state index contributed by atoms with van der Waals surface area (Å²) in [7, 11) is 0. The first-order valence-corrected chi connectivity index (χ1v) is 7.27. The van der Waals surface area contributed by atoms with Crippen LogP contribution in [0, 0.1) is 0 Å². The van der Waals surface area contributed by atoms with E-state index in [-0.39, 0.29) is 0 Å². The molecule has 3 heteroatoms. The van der Waals surface area contributed by atoms with Crippen LogP contribution in [0.3, 0.4) is 0 Å². The van der Waals surface area contributed by atoms with Crippen molar-refractivity contribution < 1.29 is 0 Å². The predicted molar refractivity (Wildman–Crippen MR) is 77.7 cm³/mol. The minimum Gasteiger partial charge on any atom is -0.399 e. The summed E-state index contributed by atoms with van der Waals surface area (Å²) >= 11 is 1.89. The molecule has 0 amide bonds. The van der Waals surface area contributed by atoms with Crippen LogP contribution >= 0.6 is 11.3 Å². The van der Waals surface area contributed by atoms with Gasteiger partial charge in [0.05, 0.1) is 0 Å². The molecule has 0 bridgehead atoms. The second-order valence-electron chi connectivity index (χ2n) is 4.93. The molecule has 0 fully saturated rings. The molecule has 1 aromatic carbocycles. The highest BCUT2D eigenvalue weighted by molar-refractivity contribution is 7.10. The lowest BCUT2D eigenvalue weighted by Gasteiger charge is -2.32. The van der Waals surface area contributed by atoms with Crippen LogP contribution < -0.4 is 5.73 Å². The van der Waals surface area contributed by atoms with E-state index < -0.39 is 0 Å². The fraction of sp³-hybridized carbons (Fsp3) is 0.333. The molecule has 1 aliphatic rings. The summed E-state index contributed by atoms with van der Waals surface area (Å²) in [4.78, 5) is 4.11. The zero-order valence-electron chi connectivity index (χ0n) is 10.6. The second kappa shape index (κ2) is 4.75. The lowest BCUT2D eigenvalue weighted by atomic mass is 10.0. The van der Waals surface area contributed by atoms with Gasteiger partial charge in [-0.25, -0.2) is 0 Å². The molecule has 2 heterocycles. The minimum absolute atomic E-state index is 0.457. The molecule has 3 rings (SSSR count). The molecule has 18 heavy (non-hydrogen) atoms. The van der Waals surface area contributed by atoms with E-state index in [0.29, 0.717) is 6.04 Å². The Balaban J connectivity index is 1.78. The van der Waals surface area contributed by atoms with Gasteiger partial charge in [0.15, 0.2) is 0 Å². The standard InChI is InChI=1S/C15H18N2S/c1-11(12-2-4-14(16)5-3-12)17-8-6-15-13(10-17)7-9-18-15/h2-5,7,9,11H,6,8,10,16H2,1H3. The van der Waals surface area contributed by atoms with Crippen molar-refractivity contribution in [3.63, 3.8) is 0 Å². The zero-order valence-corrected chi connectivity index (χ0v) is 11.4. The Kier molecular flexibility index (Phi) is 3.10. The SMILES string of the molecule is CC(c1ccc(N)cc1)N1CCc2sccc2C1. The summed E-state index contributed by atoms with van der Waals surface area (Å²) in [6.07, 6.45) is 1.19. The number of hydrogen-bond acceptors (Lipinski definition) is 3. The maximum atomic E-state index is 5.74. The Morgan fingerprint density at radius 2 is 2.00 bits per heavy atom. The molecule has 2 N–H and O–H groups in total. The monoisotopic (exact) mass is 258 g/mol. The smallest absolute Gasteiger partial charge is 0.0323 e. The lowest BCUT2D eigenvalue weighted by Crippen LogP contribution is -2.32. The predicted octanol–water partition coefficient (Wildman–Crippen LogP) is 3.45. The van der Waals surface area contributed by atoms with Gasteiger partial charge >= 0.3 is 0 Å². The topological polar surface area (TPSA) is 29.3 Å². The fourth-order valence-corrected chi connectivity index (χ4v) is 3.48. The molecular weight excluding hydrogens is 240 g/mol. The molecule has 94 valence electrons. The molecule has 0 aliphatic carbocycles. The largest absolute Gasteiger partial charge is 0.399 e. The van der Waals surface area contributed by atoms with E-state index in [1.165, 1.54) is 17.5 Å². The molecule has 0 saturated heterocycles. The maximum absolute atomic E-state index is 5.74. The average molecular weight is 258 g/mol. The first-order chi connectivity index (χ1) is 8.74. The van der Waals surface area contributed by atoms with Gasteiger partial charge in [-0.15, -0.1) is 11.3 Å². The number of nitrogens with zero attached hydrogens (tertiary/aromatic N) is 1. The maximum Gasteiger partial charge on any atom is 0.0323 e. The normalized spacial score (nSPS) is 17.4. The number of nitrogen functional groups attached to an aromatic ring is 1. The lowest BCUT2D eigenvalue weighted by molar-refractivity contribution is 0.193. The van der Waals surface area contributed by atoms with E-state index in [4.69, 9.17) is 5.73 Å². The van der Waals surface area contributed by atoms with Gasteiger partial charge in [-0.3, -0.25) is 4.90 Å². The van der Waals surface area contributed by atoms with Gasteiger partial charge in [0, 0.05) is 29.7 Å². The molecule has 1 unspecified atom stereocenters. The van der Waals surface area contributed by atoms with Gasteiger partial charge in [0.1, 0.15) is 0 Å². The second-order valence-corrected chi connectivity index (χ2v) is 5.93. The molecule has 1 atom stereocenters. The molecular formula is C15H18N2S. The summed E-state index contributed by atoms with van der Waals surface area (Å²) in [5.74, 6) is 0. The van der Waals surface area contributed by atoms with Crippen molar-refractivity contribution in [3.8, 4) is 0 Å². The molecule has 2 aromatic rings. The van der Waals surface area contributed by atoms with Gasteiger partial charge in [0.2, 0.25) is 0 Å². The van der Waals surface area contributed by atoms with E-state index >= 15 is 0 Å². The third-order valence-corrected chi connectivity index (χ3v) is 4.83. The Morgan fingerprint density at radius 3 is 2.78 bits per heavy atom. The fourth-order valence-electron chi connectivity index (χ4n) is 2.59. The van der Waals surface area contributed by atoms with Crippen LogP contribution in [-0.2, 0) is 13.0 Å². The van der Waals surface area contributed by atoms with Crippen LogP contribution in [0.2, 0.25) is 0 Å². The van der Waals surface area contributed by atoms with Gasteiger partial charge in [-0.2, -0.15) is 0 Å². The summed E-state index contributed by atoms with van der Waals surface area (Å²) < 4.78 is 0. The minimum atomic E-state index is 0.457. The van der Waals surface area contributed by atoms with Gasteiger partial charge in [-0.05, 0) is 48.1 Å². The van der Waals surface area contributed by atoms with Crippen LogP contribution in [0.15, 0.2) is 35.7 Å². The highest BCUT2D eigenvalue weighted by Gasteiger charge is 2.22. The highest BCUT2D eigenvalue weighted by atomic mass is 32.1. The van der Waals surface area contributed by atoms with Gasteiger partial charge in [-0.1, -0.05) is 12.1 Å². The average Bonchev–Trinajstić information content (AvgIpc) is 2.86. The number of fused-ring (bicyclic) bond motifs is 1. The van der Waals surface area contributed by atoms with Crippen molar-refractivity contribution >= 4 is 17.0 Å². The Bertz CT molecular complexity index is 530. The number of anilines is 1. The number of thiophene rings is 1. The third kappa shape index (κ3) is 2.16. The van der Waals surface area contributed by atoms with Crippen molar-refractivity contribution in [2.24, 2.45) is 0 Å². The van der Waals surface area contributed by atoms with E-state index in [1.807, 2.05) is 23.5 Å². The Hall–Kier alpha value is -1.32. The van der Waals surface area contributed by atoms with Crippen LogP contribution in [0.4, 0.5) is 5.69 Å². The highest BCUT2D eigenvalue weighted by Crippen LogP contribution is 2.30. The molecule has 2 nitrogen and oxygen atoms in total. The van der Waals surface area contributed by atoms with Crippen LogP contribution in [0.5, 0.6) is 0 Å². The zero-order chi connectivity index (χ0) is 12.5. The summed E-state index contributed by atoms with van der Waals surface area (Å²) in [6, 6.07) is 11.0.